The lowest BCUT2D eigenvalue weighted by molar-refractivity contribution is 0.0766. The first-order valence-electron chi connectivity index (χ1n) is 13.5. The maximum atomic E-state index is 13.2. The number of amides is 1. The number of nitrogens with zero attached hydrogens (tertiary/aromatic N) is 2. The number of benzene rings is 2. The molecule has 0 radical (unpaired) electrons. The maximum absolute atomic E-state index is 13.2. The van der Waals surface area contributed by atoms with E-state index in [1.165, 1.54) is 74.9 Å². The van der Waals surface area contributed by atoms with Gasteiger partial charge >= 0.3 is 0 Å². The molecule has 1 aliphatic carbocycles. The van der Waals surface area contributed by atoms with Crippen LogP contribution in [0.4, 0.5) is 0 Å². The van der Waals surface area contributed by atoms with Crippen molar-refractivity contribution in [2.75, 3.05) is 19.6 Å². The molecular weight excluding hydrogens is 454 g/mol. The van der Waals surface area contributed by atoms with Crippen molar-refractivity contribution in [2.24, 2.45) is 0 Å². The zero-order valence-corrected chi connectivity index (χ0v) is 21.7. The average Bonchev–Trinajstić information content (AvgIpc) is 3.66. The molecular formula is C30H38ClN3O. The van der Waals surface area contributed by atoms with E-state index < -0.39 is 0 Å². The molecule has 2 aromatic carbocycles. The van der Waals surface area contributed by atoms with Crippen molar-refractivity contribution < 1.29 is 4.79 Å². The van der Waals surface area contributed by atoms with E-state index >= 15 is 0 Å². The Morgan fingerprint density at radius 2 is 1.94 bits per heavy atom. The topological polar surface area (TPSA) is 35.6 Å². The molecule has 1 saturated heterocycles. The van der Waals surface area contributed by atoms with E-state index in [1.54, 1.807) is 0 Å². The van der Waals surface area contributed by atoms with E-state index in [0.717, 1.165) is 40.7 Å². The van der Waals surface area contributed by atoms with Gasteiger partial charge < -0.3 is 15.1 Å². The highest BCUT2D eigenvalue weighted by atomic mass is 35.5. The molecule has 1 atom stereocenters. The van der Waals surface area contributed by atoms with Crippen LogP contribution in [-0.2, 0) is 13.1 Å². The lowest BCUT2D eigenvalue weighted by Crippen LogP contribution is -2.40. The van der Waals surface area contributed by atoms with E-state index in [1.807, 2.05) is 29.2 Å². The summed E-state index contributed by atoms with van der Waals surface area (Å²) in [5, 5.41) is 4.48. The zero-order valence-electron chi connectivity index (χ0n) is 21.0. The normalized spacial score (nSPS) is 19.7. The van der Waals surface area contributed by atoms with Crippen molar-refractivity contribution in [3.05, 3.63) is 75.3 Å². The fourth-order valence-corrected chi connectivity index (χ4v) is 5.83. The summed E-state index contributed by atoms with van der Waals surface area (Å²) in [4.78, 5) is 17.9. The first-order valence-corrected chi connectivity index (χ1v) is 13.9. The average molecular weight is 492 g/mol. The van der Waals surface area contributed by atoms with Crippen molar-refractivity contribution in [1.29, 1.82) is 0 Å². The molecule has 3 aliphatic rings. The van der Waals surface area contributed by atoms with Crippen molar-refractivity contribution in [2.45, 2.75) is 77.4 Å². The Labute approximate surface area is 215 Å². The maximum Gasteiger partial charge on any atom is 0.254 e. The van der Waals surface area contributed by atoms with Crippen LogP contribution in [-0.4, -0.2) is 41.4 Å². The molecule has 2 fully saturated rings. The molecule has 0 aromatic heterocycles. The van der Waals surface area contributed by atoms with Crippen LogP contribution in [0.3, 0.4) is 0 Å². The number of piperidine rings is 1. The predicted octanol–water partition coefficient (Wildman–Crippen LogP) is 6.64. The number of carbonyl (C=O) groups excluding carboxylic acids is 1. The summed E-state index contributed by atoms with van der Waals surface area (Å²) in [6.45, 7) is 7.02. The van der Waals surface area contributed by atoms with E-state index in [9.17, 15) is 4.79 Å². The smallest absolute Gasteiger partial charge is 0.254 e. The van der Waals surface area contributed by atoms with Gasteiger partial charge in [-0.05, 0) is 85.5 Å². The molecule has 4 nitrogen and oxygen atoms in total. The molecule has 2 heterocycles. The second-order valence-electron chi connectivity index (χ2n) is 10.4. The number of fused-ring (bicyclic) bond motifs is 1. The minimum atomic E-state index is 0.129. The number of hydrogen-bond donors (Lipinski definition) is 1. The molecule has 186 valence electrons. The van der Waals surface area contributed by atoms with Crippen LogP contribution in [0.15, 0.2) is 48.0 Å². The summed E-state index contributed by atoms with van der Waals surface area (Å²) in [6.07, 6.45) is 10.2. The van der Waals surface area contributed by atoms with Gasteiger partial charge in [0.15, 0.2) is 0 Å². The number of likely N-dealkylation sites (tertiary alicyclic amines) is 1. The molecule has 0 bridgehead atoms. The summed E-state index contributed by atoms with van der Waals surface area (Å²) >= 11 is 6.02. The third kappa shape index (κ3) is 5.92. The van der Waals surface area contributed by atoms with Crippen LogP contribution in [0.1, 0.15) is 85.3 Å². The predicted molar refractivity (Wildman–Crippen MR) is 144 cm³/mol. The second-order valence-corrected chi connectivity index (χ2v) is 10.8. The van der Waals surface area contributed by atoms with Gasteiger partial charge in [0, 0.05) is 48.5 Å². The molecule has 1 unspecified atom stereocenters. The number of rotatable bonds is 10. The van der Waals surface area contributed by atoms with Gasteiger partial charge in [-0.1, -0.05) is 55.6 Å². The van der Waals surface area contributed by atoms with Gasteiger partial charge in [0.25, 0.3) is 5.91 Å². The summed E-state index contributed by atoms with van der Waals surface area (Å²) < 4.78 is 0. The SMILES string of the molecule is CCCC1CCCCN1CCCNC(=C1CC1)c1ccc2c(c1)C(=O)N(Cc1ccc(Cl)cc1)C2. The first-order chi connectivity index (χ1) is 17.1. The van der Waals surface area contributed by atoms with Gasteiger partial charge in [0.05, 0.1) is 0 Å². The summed E-state index contributed by atoms with van der Waals surface area (Å²) in [7, 11) is 0. The minimum absolute atomic E-state index is 0.129. The highest BCUT2D eigenvalue weighted by Crippen LogP contribution is 2.36. The second kappa shape index (κ2) is 11.2. The van der Waals surface area contributed by atoms with Crippen LogP contribution in [0.25, 0.3) is 5.70 Å². The number of carbonyl (C=O) groups is 1. The number of hydrogen-bond acceptors (Lipinski definition) is 3. The Balaban J connectivity index is 1.20. The molecule has 5 heteroatoms. The van der Waals surface area contributed by atoms with Crippen LogP contribution in [0.2, 0.25) is 5.02 Å². The fourth-order valence-electron chi connectivity index (χ4n) is 5.71. The lowest BCUT2D eigenvalue weighted by Gasteiger charge is -2.35. The Bertz CT molecular complexity index is 1070. The Kier molecular flexibility index (Phi) is 7.79. The molecule has 35 heavy (non-hydrogen) atoms. The number of allylic oxidation sites excluding steroid dienone is 1. The van der Waals surface area contributed by atoms with E-state index in [2.05, 4.69) is 35.3 Å². The highest BCUT2D eigenvalue weighted by molar-refractivity contribution is 6.30. The first kappa shape index (κ1) is 24.4. The number of halogens is 1. The summed E-state index contributed by atoms with van der Waals surface area (Å²) in [6, 6.07) is 15.0. The van der Waals surface area contributed by atoms with Crippen LogP contribution in [0.5, 0.6) is 0 Å². The summed E-state index contributed by atoms with van der Waals surface area (Å²) in [5.74, 6) is 0.129. The zero-order chi connectivity index (χ0) is 24.2. The standard InChI is InChI=1S/C30H38ClN3O/c1-2-6-27-7-3-4-17-33(27)18-5-16-32-29(23-10-11-23)24-12-13-25-21-34(30(35)28(25)19-24)20-22-8-14-26(31)15-9-22/h8-9,12-15,19,27,32H,2-7,10-11,16-18,20-21H2,1H3. The van der Waals surface area contributed by atoms with E-state index in [4.69, 9.17) is 11.6 Å². The van der Waals surface area contributed by atoms with Crippen LogP contribution >= 0.6 is 11.6 Å². The molecule has 0 spiro atoms. The Morgan fingerprint density at radius 1 is 1.11 bits per heavy atom. The minimum Gasteiger partial charge on any atom is -0.385 e. The van der Waals surface area contributed by atoms with Gasteiger partial charge in [-0.25, -0.2) is 0 Å². The summed E-state index contributed by atoms with van der Waals surface area (Å²) in [5.41, 5.74) is 7.01. The van der Waals surface area contributed by atoms with Gasteiger partial charge in [0.2, 0.25) is 0 Å². The monoisotopic (exact) mass is 491 g/mol. The molecule has 1 saturated carbocycles. The van der Waals surface area contributed by atoms with Crippen LogP contribution in [0, 0.1) is 0 Å². The third-order valence-electron chi connectivity index (χ3n) is 7.71. The molecule has 5 rings (SSSR count). The van der Waals surface area contributed by atoms with Gasteiger partial charge in [-0.3, -0.25) is 4.79 Å². The molecule has 2 aromatic rings. The van der Waals surface area contributed by atoms with E-state index in [-0.39, 0.29) is 5.91 Å². The number of nitrogens with one attached hydrogen (secondary N) is 1. The van der Waals surface area contributed by atoms with Crippen molar-refractivity contribution in [1.82, 2.24) is 15.1 Å². The van der Waals surface area contributed by atoms with Gasteiger partial charge in [-0.2, -0.15) is 0 Å². The van der Waals surface area contributed by atoms with Gasteiger partial charge in [0.1, 0.15) is 0 Å². The third-order valence-corrected chi connectivity index (χ3v) is 7.96. The van der Waals surface area contributed by atoms with E-state index in [0.29, 0.717) is 13.1 Å². The van der Waals surface area contributed by atoms with Crippen LogP contribution < -0.4 is 5.32 Å². The fraction of sp³-hybridized carbons (Fsp3) is 0.500. The Hall–Kier alpha value is -2.30. The lowest BCUT2D eigenvalue weighted by atomic mass is 9.98. The van der Waals surface area contributed by atoms with Crippen molar-refractivity contribution >= 4 is 23.2 Å². The molecule has 1 N–H and O–H groups in total. The molecule has 1 amide bonds. The van der Waals surface area contributed by atoms with Gasteiger partial charge in [-0.15, -0.1) is 0 Å². The van der Waals surface area contributed by atoms with Crippen molar-refractivity contribution in [3.8, 4) is 0 Å². The largest absolute Gasteiger partial charge is 0.385 e. The van der Waals surface area contributed by atoms with Crippen molar-refractivity contribution in [3.63, 3.8) is 0 Å². The Morgan fingerprint density at radius 3 is 2.71 bits per heavy atom. The molecule has 2 aliphatic heterocycles. The quantitative estimate of drug-likeness (QED) is 0.378. The highest BCUT2D eigenvalue weighted by Gasteiger charge is 2.29.